The summed E-state index contributed by atoms with van der Waals surface area (Å²) in [6.07, 6.45) is 3.32. The molecule has 1 aliphatic rings. The predicted molar refractivity (Wildman–Crippen MR) is 77.0 cm³/mol. The van der Waals surface area contributed by atoms with Gasteiger partial charge in [0.05, 0.1) is 6.42 Å². The lowest BCUT2D eigenvalue weighted by Gasteiger charge is -2.20. The number of fused-ring (bicyclic) bond motifs is 1. The molecule has 108 valence electrons. The number of carbonyl (C=O) groups excluding carboxylic acids is 1. The van der Waals surface area contributed by atoms with Crippen LogP contribution in [-0.4, -0.2) is 35.1 Å². The van der Waals surface area contributed by atoms with Gasteiger partial charge in [-0.15, -0.1) is 0 Å². The summed E-state index contributed by atoms with van der Waals surface area (Å²) in [4.78, 5) is 24.1. The number of aryl methyl sites for hydroxylation is 2. The molecule has 0 aliphatic heterocycles. The normalized spacial score (nSPS) is 12.8. The van der Waals surface area contributed by atoms with Crippen molar-refractivity contribution in [3.63, 3.8) is 0 Å². The lowest BCUT2D eigenvalue weighted by molar-refractivity contribution is -0.137. The minimum atomic E-state index is -0.895. The molecule has 20 heavy (non-hydrogen) atoms. The molecule has 0 aromatic heterocycles. The predicted octanol–water partition coefficient (Wildman–Crippen LogP) is 2.50. The number of nitrogens with zero attached hydrogens (tertiary/aromatic N) is 1. The monoisotopic (exact) mass is 276 g/mol. The summed E-state index contributed by atoms with van der Waals surface area (Å²) in [6, 6.07) is 5.75. The van der Waals surface area contributed by atoms with Gasteiger partial charge in [-0.2, -0.15) is 0 Å². The van der Waals surface area contributed by atoms with Gasteiger partial charge < -0.3 is 15.3 Å². The summed E-state index contributed by atoms with van der Waals surface area (Å²) in [7, 11) is 0. The molecule has 0 fully saturated rings. The Morgan fingerprint density at radius 3 is 2.75 bits per heavy atom. The van der Waals surface area contributed by atoms with E-state index in [1.54, 1.807) is 0 Å². The molecule has 0 heterocycles. The van der Waals surface area contributed by atoms with Gasteiger partial charge in [-0.25, -0.2) is 4.79 Å². The quantitative estimate of drug-likeness (QED) is 0.868. The van der Waals surface area contributed by atoms with E-state index in [0.717, 1.165) is 18.5 Å². The first kappa shape index (κ1) is 14.4. The number of carbonyl (C=O) groups is 2. The summed E-state index contributed by atoms with van der Waals surface area (Å²) in [5.41, 5.74) is 3.45. The van der Waals surface area contributed by atoms with E-state index in [9.17, 15) is 9.59 Å². The zero-order chi connectivity index (χ0) is 14.5. The van der Waals surface area contributed by atoms with Crippen molar-refractivity contribution in [2.75, 3.05) is 18.4 Å². The van der Waals surface area contributed by atoms with Gasteiger partial charge in [0.15, 0.2) is 0 Å². The van der Waals surface area contributed by atoms with Crippen LogP contribution in [0, 0.1) is 0 Å². The van der Waals surface area contributed by atoms with Crippen LogP contribution in [0.25, 0.3) is 0 Å². The van der Waals surface area contributed by atoms with Crippen molar-refractivity contribution in [1.82, 2.24) is 4.90 Å². The standard InChI is InChI=1S/C15H20N2O3/c1-2-17(9-8-14(18)19)15(20)16-13-7-6-11-4-3-5-12(11)10-13/h6-7,10H,2-5,8-9H2,1H3,(H,16,20)(H,18,19). The van der Waals surface area contributed by atoms with Gasteiger partial charge in [0.25, 0.3) is 0 Å². The number of hydrogen-bond acceptors (Lipinski definition) is 2. The van der Waals surface area contributed by atoms with Crippen LogP contribution in [0.4, 0.5) is 10.5 Å². The number of anilines is 1. The van der Waals surface area contributed by atoms with Gasteiger partial charge >= 0.3 is 12.0 Å². The molecule has 1 aromatic rings. The van der Waals surface area contributed by atoms with Crippen LogP contribution in [0.1, 0.15) is 30.9 Å². The van der Waals surface area contributed by atoms with E-state index < -0.39 is 5.97 Å². The Labute approximate surface area is 118 Å². The van der Waals surface area contributed by atoms with Crippen molar-refractivity contribution in [3.8, 4) is 0 Å². The number of nitrogens with one attached hydrogen (secondary N) is 1. The average Bonchev–Trinajstić information content (AvgIpc) is 2.86. The Balaban J connectivity index is 1.97. The molecule has 2 rings (SSSR count). The lowest BCUT2D eigenvalue weighted by Crippen LogP contribution is -2.36. The average molecular weight is 276 g/mol. The van der Waals surface area contributed by atoms with E-state index in [0.29, 0.717) is 6.54 Å². The van der Waals surface area contributed by atoms with E-state index >= 15 is 0 Å². The molecule has 5 heteroatoms. The summed E-state index contributed by atoms with van der Waals surface area (Å²) >= 11 is 0. The number of carboxylic acid groups (broad SMARTS) is 1. The second kappa shape index (κ2) is 6.41. The highest BCUT2D eigenvalue weighted by Crippen LogP contribution is 2.25. The van der Waals surface area contributed by atoms with Crippen LogP contribution >= 0.6 is 0 Å². The van der Waals surface area contributed by atoms with E-state index in [1.807, 2.05) is 19.1 Å². The van der Waals surface area contributed by atoms with Gasteiger partial charge in [0.2, 0.25) is 0 Å². The van der Waals surface area contributed by atoms with Crippen LogP contribution in [0.15, 0.2) is 18.2 Å². The highest BCUT2D eigenvalue weighted by atomic mass is 16.4. The van der Waals surface area contributed by atoms with Crippen LogP contribution < -0.4 is 5.32 Å². The summed E-state index contributed by atoms with van der Waals surface area (Å²) in [6.45, 7) is 2.55. The maximum absolute atomic E-state index is 12.1. The minimum absolute atomic E-state index is 0.0363. The van der Waals surface area contributed by atoms with Crippen LogP contribution in [0.2, 0.25) is 0 Å². The van der Waals surface area contributed by atoms with Crippen LogP contribution in [0.5, 0.6) is 0 Å². The Kier molecular flexibility index (Phi) is 4.61. The zero-order valence-corrected chi connectivity index (χ0v) is 11.7. The molecule has 2 N–H and O–H groups in total. The molecular weight excluding hydrogens is 256 g/mol. The number of amides is 2. The highest BCUT2D eigenvalue weighted by molar-refractivity contribution is 5.89. The molecule has 0 spiro atoms. The molecular formula is C15H20N2O3. The number of benzene rings is 1. The van der Waals surface area contributed by atoms with Crippen molar-refractivity contribution in [1.29, 1.82) is 0 Å². The third kappa shape index (κ3) is 3.50. The molecule has 0 bridgehead atoms. The molecule has 0 unspecified atom stereocenters. The number of urea groups is 1. The number of rotatable bonds is 5. The van der Waals surface area contributed by atoms with Crippen LogP contribution in [-0.2, 0) is 17.6 Å². The molecule has 0 radical (unpaired) electrons. The van der Waals surface area contributed by atoms with E-state index in [1.165, 1.54) is 22.4 Å². The topological polar surface area (TPSA) is 69.6 Å². The minimum Gasteiger partial charge on any atom is -0.481 e. The maximum atomic E-state index is 12.1. The molecule has 5 nitrogen and oxygen atoms in total. The fourth-order valence-corrected chi connectivity index (χ4v) is 2.49. The largest absolute Gasteiger partial charge is 0.481 e. The van der Waals surface area contributed by atoms with Gasteiger partial charge in [0.1, 0.15) is 0 Å². The number of aliphatic carboxylic acids is 1. The van der Waals surface area contributed by atoms with Crippen LogP contribution in [0.3, 0.4) is 0 Å². The zero-order valence-electron chi connectivity index (χ0n) is 11.7. The van der Waals surface area contributed by atoms with Crippen molar-refractivity contribution in [3.05, 3.63) is 29.3 Å². The summed E-state index contributed by atoms with van der Waals surface area (Å²) in [5.74, 6) is -0.895. The maximum Gasteiger partial charge on any atom is 0.321 e. The Morgan fingerprint density at radius 1 is 1.30 bits per heavy atom. The van der Waals surface area contributed by atoms with Crippen molar-refractivity contribution < 1.29 is 14.7 Å². The molecule has 0 saturated heterocycles. The molecule has 2 amide bonds. The first-order chi connectivity index (χ1) is 9.60. The van der Waals surface area contributed by atoms with Gasteiger partial charge in [0, 0.05) is 18.8 Å². The van der Waals surface area contributed by atoms with E-state index in [4.69, 9.17) is 5.11 Å². The Morgan fingerprint density at radius 2 is 2.05 bits per heavy atom. The SMILES string of the molecule is CCN(CCC(=O)O)C(=O)Nc1ccc2c(c1)CCC2. The third-order valence-electron chi connectivity index (χ3n) is 3.61. The van der Waals surface area contributed by atoms with Gasteiger partial charge in [-0.05, 0) is 49.4 Å². The Bertz CT molecular complexity index is 514. The smallest absolute Gasteiger partial charge is 0.321 e. The van der Waals surface area contributed by atoms with Crippen molar-refractivity contribution in [2.24, 2.45) is 0 Å². The fraction of sp³-hybridized carbons (Fsp3) is 0.467. The molecule has 0 atom stereocenters. The molecule has 1 aliphatic carbocycles. The highest BCUT2D eigenvalue weighted by Gasteiger charge is 2.15. The molecule has 1 aromatic carbocycles. The Hall–Kier alpha value is -2.04. The number of hydrogen-bond donors (Lipinski definition) is 2. The summed E-state index contributed by atoms with van der Waals surface area (Å²) < 4.78 is 0. The van der Waals surface area contributed by atoms with Gasteiger partial charge in [-0.3, -0.25) is 4.79 Å². The second-order valence-electron chi connectivity index (χ2n) is 4.99. The molecule has 0 saturated carbocycles. The third-order valence-corrected chi connectivity index (χ3v) is 3.61. The van der Waals surface area contributed by atoms with Crippen molar-refractivity contribution >= 4 is 17.7 Å². The fourth-order valence-electron chi connectivity index (χ4n) is 2.49. The van der Waals surface area contributed by atoms with Gasteiger partial charge in [-0.1, -0.05) is 6.07 Å². The first-order valence-electron chi connectivity index (χ1n) is 6.99. The first-order valence-corrected chi connectivity index (χ1v) is 6.99. The van der Waals surface area contributed by atoms with E-state index in [2.05, 4.69) is 11.4 Å². The lowest BCUT2D eigenvalue weighted by atomic mass is 10.1. The van der Waals surface area contributed by atoms with E-state index in [-0.39, 0.29) is 19.0 Å². The second-order valence-corrected chi connectivity index (χ2v) is 4.99. The van der Waals surface area contributed by atoms with Crippen molar-refractivity contribution in [2.45, 2.75) is 32.6 Å². The number of carboxylic acids is 1. The summed E-state index contributed by atoms with van der Waals surface area (Å²) in [5, 5.41) is 11.5.